The molecule has 0 bridgehead atoms. The minimum Gasteiger partial charge on any atom is -0.486 e. The molecule has 8 heteroatoms. The highest BCUT2D eigenvalue weighted by atomic mass is 35.5. The molecule has 1 saturated heterocycles. The third-order valence-corrected chi connectivity index (χ3v) is 6.67. The molecule has 0 saturated carbocycles. The molecule has 0 unspecified atom stereocenters. The number of nitrogens with one attached hydrogen (secondary N) is 1. The van der Waals surface area contributed by atoms with Crippen molar-refractivity contribution in [2.75, 3.05) is 19.6 Å². The highest BCUT2D eigenvalue weighted by Gasteiger charge is 2.44. The third kappa shape index (κ3) is 4.48. The minimum atomic E-state index is -0.582. The van der Waals surface area contributed by atoms with Crippen LogP contribution in [0.25, 0.3) is 0 Å². The van der Waals surface area contributed by atoms with Gasteiger partial charge in [-0.3, -0.25) is 14.4 Å². The smallest absolute Gasteiger partial charge is 0.253 e. The molecule has 32 heavy (non-hydrogen) atoms. The van der Waals surface area contributed by atoms with Crippen molar-refractivity contribution in [1.29, 1.82) is 0 Å². The van der Waals surface area contributed by atoms with Crippen molar-refractivity contribution in [3.8, 4) is 5.75 Å². The maximum atomic E-state index is 12.8. The Balaban J connectivity index is 1.36. The Morgan fingerprint density at radius 3 is 2.53 bits per heavy atom. The maximum absolute atomic E-state index is 12.8. The van der Waals surface area contributed by atoms with Crippen LogP contribution in [0.15, 0.2) is 30.3 Å². The van der Waals surface area contributed by atoms with Crippen LogP contribution in [0.1, 0.15) is 51.1 Å². The van der Waals surface area contributed by atoms with E-state index in [1.54, 1.807) is 11.0 Å². The van der Waals surface area contributed by atoms with Gasteiger partial charge in [-0.25, -0.2) is 0 Å². The summed E-state index contributed by atoms with van der Waals surface area (Å²) in [5.74, 6) is 0.133. The van der Waals surface area contributed by atoms with Crippen LogP contribution in [0.2, 0.25) is 10.0 Å². The van der Waals surface area contributed by atoms with Crippen molar-refractivity contribution >= 4 is 40.8 Å². The van der Waals surface area contributed by atoms with E-state index in [1.165, 1.54) is 12.1 Å². The molecule has 2 amide bonds. The largest absolute Gasteiger partial charge is 0.486 e. The number of ketones is 1. The summed E-state index contributed by atoms with van der Waals surface area (Å²) in [5.41, 5.74) is 2.32. The number of carbonyl (C=O) groups is 3. The van der Waals surface area contributed by atoms with E-state index in [0.717, 1.165) is 11.1 Å². The number of benzene rings is 2. The van der Waals surface area contributed by atoms with Gasteiger partial charge in [0.15, 0.2) is 5.78 Å². The highest BCUT2D eigenvalue weighted by molar-refractivity contribution is 6.36. The molecule has 168 valence electrons. The van der Waals surface area contributed by atoms with Gasteiger partial charge in [-0.1, -0.05) is 29.3 Å². The molecule has 2 heterocycles. The van der Waals surface area contributed by atoms with Crippen LogP contribution in [0, 0.1) is 13.8 Å². The molecule has 2 aromatic carbocycles. The van der Waals surface area contributed by atoms with E-state index in [0.29, 0.717) is 48.7 Å². The molecular weight excluding hydrogens is 451 g/mol. The molecule has 2 aromatic rings. The lowest BCUT2D eigenvalue weighted by atomic mass is 9.81. The first-order valence-corrected chi connectivity index (χ1v) is 11.3. The van der Waals surface area contributed by atoms with Gasteiger partial charge in [-0.05, 0) is 49.2 Å². The second kappa shape index (κ2) is 8.75. The van der Waals surface area contributed by atoms with Crippen molar-refractivity contribution < 1.29 is 19.1 Å². The summed E-state index contributed by atoms with van der Waals surface area (Å²) in [7, 11) is 0. The Morgan fingerprint density at radius 1 is 1.12 bits per heavy atom. The zero-order valence-corrected chi connectivity index (χ0v) is 19.5. The first-order valence-electron chi connectivity index (χ1n) is 10.5. The Kier molecular flexibility index (Phi) is 6.19. The zero-order chi connectivity index (χ0) is 23.0. The number of nitrogens with zero attached hydrogens (tertiary/aromatic N) is 1. The molecule has 2 aliphatic heterocycles. The van der Waals surface area contributed by atoms with E-state index < -0.39 is 11.5 Å². The van der Waals surface area contributed by atoms with Gasteiger partial charge >= 0.3 is 0 Å². The Bertz CT molecular complexity index is 1110. The van der Waals surface area contributed by atoms with Gasteiger partial charge in [-0.15, -0.1) is 0 Å². The predicted octanol–water partition coefficient (Wildman–Crippen LogP) is 4.37. The summed E-state index contributed by atoms with van der Waals surface area (Å²) >= 11 is 11.9. The van der Waals surface area contributed by atoms with Gasteiger partial charge in [-0.2, -0.15) is 0 Å². The summed E-state index contributed by atoms with van der Waals surface area (Å²) in [6, 6.07) is 8.47. The fourth-order valence-electron chi connectivity index (χ4n) is 4.42. The van der Waals surface area contributed by atoms with Crippen molar-refractivity contribution in [3.63, 3.8) is 0 Å². The summed E-state index contributed by atoms with van der Waals surface area (Å²) < 4.78 is 6.37. The number of amides is 2. The second-order valence-electron chi connectivity index (χ2n) is 8.53. The molecule has 0 aliphatic carbocycles. The standard InChI is InChI=1S/C24H24Cl2N2O4/c1-14-9-15(2)22-18(10-14)20(29)12-24(32-22)5-7-28(8-6-24)21(30)13-27-23(31)17-4-3-16(25)11-19(17)26/h3-4,9-11H,5-8,12-13H2,1-2H3,(H,27,31). The monoisotopic (exact) mass is 474 g/mol. The molecule has 4 rings (SSSR count). The Hall–Kier alpha value is -2.57. The minimum absolute atomic E-state index is 0.0879. The number of rotatable bonds is 3. The normalized spacial score (nSPS) is 17.0. The fourth-order valence-corrected chi connectivity index (χ4v) is 4.91. The number of aryl methyl sites for hydroxylation is 2. The van der Waals surface area contributed by atoms with Crippen LogP contribution in [0.5, 0.6) is 5.75 Å². The number of carbonyl (C=O) groups excluding carboxylic acids is 3. The van der Waals surface area contributed by atoms with E-state index in [1.807, 2.05) is 26.0 Å². The number of ether oxygens (including phenoxy) is 1. The molecule has 0 aromatic heterocycles. The third-order valence-electron chi connectivity index (χ3n) is 6.12. The number of likely N-dealkylation sites (tertiary alicyclic amines) is 1. The van der Waals surface area contributed by atoms with Crippen LogP contribution in [0.3, 0.4) is 0 Å². The first-order chi connectivity index (χ1) is 15.2. The predicted molar refractivity (Wildman–Crippen MR) is 123 cm³/mol. The first kappa shape index (κ1) is 22.6. The van der Waals surface area contributed by atoms with E-state index >= 15 is 0 Å². The van der Waals surface area contributed by atoms with Crippen LogP contribution in [0.4, 0.5) is 0 Å². The molecule has 0 radical (unpaired) electrons. The second-order valence-corrected chi connectivity index (χ2v) is 9.37. The average molecular weight is 475 g/mol. The van der Waals surface area contributed by atoms with Gasteiger partial charge < -0.3 is 15.0 Å². The van der Waals surface area contributed by atoms with E-state index in [2.05, 4.69) is 5.32 Å². The van der Waals surface area contributed by atoms with E-state index in [4.69, 9.17) is 27.9 Å². The molecule has 1 fully saturated rings. The molecular formula is C24H24Cl2N2O4. The van der Waals surface area contributed by atoms with Crippen LogP contribution >= 0.6 is 23.2 Å². The summed E-state index contributed by atoms with van der Waals surface area (Å²) in [4.78, 5) is 39.5. The van der Waals surface area contributed by atoms with Crippen molar-refractivity contribution in [1.82, 2.24) is 10.2 Å². The van der Waals surface area contributed by atoms with E-state index in [-0.39, 0.29) is 28.8 Å². The SMILES string of the molecule is Cc1cc(C)c2c(c1)C(=O)CC1(CCN(C(=O)CNC(=O)c3ccc(Cl)cc3Cl)CC1)O2. The number of fused-ring (bicyclic) bond motifs is 1. The quantitative estimate of drug-likeness (QED) is 0.716. The van der Waals surface area contributed by atoms with Gasteiger partial charge in [0.25, 0.3) is 5.91 Å². The Labute approximate surface area is 196 Å². The van der Waals surface area contributed by atoms with E-state index in [9.17, 15) is 14.4 Å². The van der Waals surface area contributed by atoms with Crippen LogP contribution in [-0.4, -0.2) is 47.7 Å². The van der Waals surface area contributed by atoms with Crippen molar-refractivity contribution in [3.05, 3.63) is 62.6 Å². The number of halogens is 2. The molecule has 1 N–H and O–H groups in total. The topological polar surface area (TPSA) is 75.7 Å². The van der Waals surface area contributed by atoms with Crippen LogP contribution in [-0.2, 0) is 4.79 Å². The lowest BCUT2D eigenvalue weighted by Crippen LogP contribution is -2.53. The van der Waals surface area contributed by atoms with Gasteiger partial charge in [0.05, 0.1) is 29.1 Å². The zero-order valence-electron chi connectivity index (χ0n) is 18.0. The fraction of sp³-hybridized carbons (Fsp3) is 0.375. The average Bonchev–Trinajstić information content (AvgIpc) is 2.73. The Morgan fingerprint density at radius 2 is 1.84 bits per heavy atom. The summed E-state index contributed by atoms with van der Waals surface area (Å²) in [6.07, 6.45) is 1.44. The van der Waals surface area contributed by atoms with Gasteiger partial charge in [0, 0.05) is 31.0 Å². The van der Waals surface area contributed by atoms with Crippen LogP contribution < -0.4 is 10.1 Å². The molecule has 1 spiro atoms. The molecule has 0 atom stereocenters. The highest BCUT2D eigenvalue weighted by Crippen LogP contribution is 2.41. The van der Waals surface area contributed by atoms with Crippen molar-refractivity contribution in [2.24, 2.45) is 0 Å². The van der Waals surface area contributed by atoms with Crippen molar-refractivity contribution in [2.45, 2.75) is 38.7 Å². The number of hydrogen-bond acceptors (Lipinski definition) is 4. The lowest BCUT2D eigenvalue weighted by Gasteiger charge is -2.44. The summed E-state index contributed by atoms with van der Waals surface area (Å²) in [6.45, 7) is 4.71. The molecule has 2 aliphatic rings. The lowest BCUT2D eigenvalue weighted by molar-refractivity contribution is -0.133. The van der Waals surface area contributed by atoms with Gasteiger partial charge in [0.2, 0.25) is 5.91 Å². The summed E-state index contributed by atoms with van der Waals surface area (Å²) in [5, 5.41) is 3.28. The molecule has 6 nitrogen and oxygen atoms in total. The number of piperidine rings is 1. The number of hydrogen-bond donors (Lipinski definition) is 1. The number of Topliss-reactive ketones (excluding diaryl/α,β-unsaturated/α-hetero) is 1. The van der Waals surface area contributed by atoms with Gasteiger partial charge in [0.1, 0.15) is 11.4 Å². The maximum Gasteiger partial charge on any atom is 0.253 e.